The minimum atomic E-state index is -1.45. The SMILES string of the molecule is COC(C)CCC(=O)Nc1cc(F)c(F)cc1C(=O)O. The molecule has 1 rings (SSSR count). The summed E-state index contributed by atoms with van der Waals surface area (Å²) in [6.07, 6.45) is 0.367. The number of methoxy groups -OCH3 is 1. The van der Waals surface area contributed by atoms with Gasteiger partial charge in [-0.1, -0.05) is 0 Å². The molecule has 1 unspecified atom stereocenters. The van der Waals surface area contributed by atoms with E-state index in [-0.39, 0.29) is 18.2 Å². The highest BCUT2D eigenvalue weighted by Crippen LogP contribution is 2.20. The lowest BCUT2D eigenvalue weighted by Crippen LogP contribution is -2.17. The zero-order valence-electron chi connectivity index (χ0n) is 11.1. The van der Waals surface area contributed by atoms with Crippen molar-refractivity contribution in [1.29, 1.82) is 0 Å². The third-order valence-electron chi connectivity index (χ3n) is 2.75. The third-order valence-corrected chi connectivity index (χ3v) is 2.75. The van der Waals surface area contributed by atoms with Crippen LogP contribution in [0.1, 0.15) is 30.1 Å². The van der Waals surface area contributed by atoms with Crippen molar-refractivity contribution in [2.24, 2.45) is 0 Å². The van der Waals surface area contributed by atoms with Crippen LogP contribution in [0.25, 0.3) is 0 Å². The number of rotatable bonds is 6. The van der Waals surface area contributed by atoms with E-state index in [2.05, 4.69) is 5.32 Å². The van der Waals surface area contributed by atoms with Gasteiger partial charge in [0.1, 0.15) is 0 Å². The van der Waals surface area contributed by atoms with Gasteiger partial charge < -0.3 is 15.2 Å². The van der Waals surface area contributed by atoms with Crippen LogP contribution in [-0.4, -0.2) is 30.2 Å². The molecule has 0 saturated carbocycles. The van der Waals surface area contributed by atoms with E-state index in [0.717, 1.165) is 0 Å². The number of carboxylic acids is 1. The second kappa shape index (κ2) is 6.95. The smallest absolute Gasteiger partial charge is 0.337 e. The van der Waals surface area contributed by atoms with Crippen molar-refractivity contribution < 1.29 is 28.2 Å². The molecule has 0 bridgehead atoms. The number of carboxylic acid groups (broad SMARTS) is 1. The summed E-state index contributed by atoms with van der Waals surface area (Å²) in [5, 5.41) is 11.1. The second-order valence-electron chi connectivity index (χ2n) is 4.25. The Balaban J connectivity index is 2.83. The van der Waals surface area contributed by atoms with Crippen molar-refractivity contribution in [2.75, 3.05) is 12.4 Å². The van der Waals surface area contributed by atoms with Gasteiger partial charge in [0.05, 0.1) is 17.4 Å². The van der Waals surface area contributed by atoms with Crippen LogP contribution in [0.3, 0.4) is 0 Å². The van der Waals surface area contributed by atoms with Gasteiger partial charge in [-0.15, -0.1) is 0 Å². The fraction of sp³-hybridized carbons (Fsp3) is 0.385. The number of aromatic carboxylic acids is 1. The number of benzene rings is 1. The molecule has 0 heterocycles. The van der Waals surface area contributed by atoms with E-state index in [1.54, 1.807) is 6.92 Å². The summed E-state index contributed by atoms with van der Waals surface area (Å²) in [5.41, 5.74) is -0.775. The van der Waals surface area contributed by atoms with Crippen LogP contribution in [0.5, 0.6) is 0 Å². The van der Waals surface area contributed by atoms with Crippen molar-refractivity contribution in [3.8, 4) is 0 Å². The van der Waals surface area contributed by atoms with Crippen LogP contribution in [-0.2, 0) is 9.53 Å². The number of amides is 1. The van der Waals surface area contributed by atoms with Crippen molar-refractivity contribution in [3.63, 3.8) is 0 Å². The summed E-state index contributed by atoms with van der Waals surface area (Å²) in [4.78, 5) is 22.5. The summed E-state index contributed by atoms with van der Waals surface area (Å²) in [6.45, 7) is 1.77. The number of ether oxygens (including phenoxy) is 1. The van der Waals surface area contributed by atoms with Gasteiger partial charge in [0, 0.05) is 19.6 Å². The molecule has 1 aromatic carbocycles. The molecule has 0 aliphatic heterocycles. The fourth-order valence-corrected chi connectivity index (χ4v) is 1.49. The van der Waals surface area contributed by atoms with Crippen LogP contribution < -0.4 is 5.32 Å². The Labute approximate surface area is 114 Å². The standard InChI is InChI=1S/C13H15F2NO4/c1-7(20-2)3-4-12(17)16-11-6-10(15)9(14)5-8(11)13(18)19/h5-7H,3-4H2,1-2H3,(H,16,17)(H,18,19). The predicted molar refractivity (Wildman–Crippen MR) is 67.7 cm³/mol. The van der Waals surface area contributed by atoms with E-state index < -0.39 is 29.1 Å². The zero-order chi connectivity index (χ0) is 15.3. The Morgan fingerprint density at radius 1 is 1.35 bits per heavy atom. The van der Waals surface area contributed by atoms with Gasteiger partial charge in [-0.2, -0.15) is 0 Å². The van der Waals surface area contributed by atoms with Crippen molar-refractivity contribution in [3.05, 3.63) is 29.3 Å². The molecule has 0 radical (unpaired) electrons. The van der Waals surface area contributed by atoms with E-state index in [4.69, 9.17) is 9.84 Å². The van der Waals surface area contributed by atoms with Gasteiger partial charge in [-0.05, 0) is 19.4 Å². The molecule has 2 N–H and O–H groups in total. The Morgan fingerprint density at radius 2 is 1.95 bits per heavy atom. The van der Waals surface area contributed by atoms with E-state index in [0.29, 0.717) is 18.6 Å². The minimum Gasteiger partial charge on any atom is -0.478 e. The number of carbonyl (C=O) groups is 2. The van der Waals surface area contributed by atoms with Gasteiger partial charge in [0.25, 0.3) is 0 Å². The van der Waals surface area contributed by atoms with Crippen LogP contribution in [0.4, 0.5) is 14.5 Å². The van der Waals surface area contributed by atoms with E-state index in [9.17, 15) is 18.4 Å². The molecule has 1 atom stereocenters. The number of hydrogen-bond donors (Lipinski definition) is 2. The van der Waals surface area contributed by atoms with Crippen LogP contribution in [0.15, 0.2) is 12.1 Å². The van der Waals surface area contributed by atoms with Crippen molar-refractivity contribution in [2.45, 2.75) is 25.9 Å². The maximum absolute atomic E-state index is 13.1. The molecular formula is C13H15F2NO4. The molecule has 0 aliphatic carbocycles. The molecule has 0 aromatic heterocycles. The number of carbonyl (C=O) groups excluding carboxylic acids is 1. The average molecular weight is 287 g/mol. The topological polar surface area (TPSA) is 75.6 Å². The first-order chi connectivity index (χ1) is 9.35. The minimum absolute atomic E-state index is 0.0764. The normalized spacial score (nSPS) is 12.0. The van der Waals surface area contributed by atoms with Gasteiger partial charge in [0.15, 0.2) is 11.6 Å². The maximum atomic E-state index is 13.1. The fourth-order valence-electron chi connectivity index (χ4n) is 1.49. The molecular weight excluding hydrogens is 272 g/mol. The Hall–Kier alpha value is -2.02. The van der Waals surface area contributed by atoms with Gasteiger partial charge >= 0.3 is 5.97 Å². The number of hydrogen-bond acceptors (Lipinski definition) is 3. The Morgan fingerprint density at radius 3 is 2.50 bits per heavy atom. The highest BCUT2D eigenvalue weighted by Gasteiger charge is 2.17. The van der Waals surface area contributed by atoms with Gasteiger partial charge in [0.2, 0.25) is 5.91 Å². The van der Waals surface area contributed by atoms with Crippen molar-refractivity contribution in [1.82, 2.24) is 0 Å². The second-order valence-corrected chi connectivity index (χ2v) is 4.25. The monoisotopic (exact) mass is 287 g/mol. The average Bonchev–Trinajstić information content (AvgIpc) is 2.39. The molecule has 0 spiro atoms. The van der Waals surface area contributed by atoms with Gasteiger partial charge in [-0.25, -0.2) is 13.6 Å². The molecule has 110 valence electrons. The first kappa shape index (κ1) is 16.0. The van der Waals surface area contributed by atoms with E-state index >= 15 is 0 Å². The highest BCUT2D eigenvalue weighted by molar-refractivity contribution is 6.00. The molecule has 1 aromatic rings. The summed E-state index contributed by atoms with van der Waals surface area (Å²) < 4.78 is 31.1. The first-order valence-corrected chi connectivity index (χ1v) is 5.90. The molecule has 0 fully saturated rings. The first-order valence-electron chi connectivity index (χ1n) is 5.90. The number of anilines is 1. The number of nitrogens with one attached hydrogen (secondary N) is 1. The largest absolute Gasteiger partial charge is 0.478 e. The number of halogens is 2. The Kier molecular flexibility index (Phi) is 5.57. The molecule has 7 heteroatoms. The third kappa shape index (κ3) is 4.27. The molecule has 1 amide bonds. The van der Waals surface area contributed by atoms with Gasteiger partial charge in [-0.3, -0.25) is 4.79 Å². The highest BCUT2D eigenvalue weighted by atomic mass is 19.2. The van der Waals surface area contributed by atoms with Crippen LogP contribution >= 0.6 is 0 Å². The molecule has 20 heavy (non-hydrogen) atoms. The lowest BCUT2D eigenvalue weighted by Gasteiger charge is -2.11. The predicted octanol–water partition coefficient (Wildman–Crippen LogP) is 2.42. The zero-order valence-corrected chi connectivity index (χ0v) is 11.1. The van der Waals surface area contributed by atoms with E-state index in [1.165, 1.54) is 7.11 Å². The summed E-state index contributed by atoms with van der Waals surface area (Å²) >= 11 is 0. The molecule has 5 nitrogen and oxygen atoms in total. The molecule has 0 saturated heterocycles. The quantitative estimate of drug-likeness (QED) is 0.842. The lowest BCUT2D eigenvalue weighted by atomic mass is 10.1. The molecule has 0 aliphatic rings. The van der Waals surface area contributed by atoms with E-state index in [1.807, 2.05) is 0 Å². The Bertz CT molecular complexity index is 519. The lowest BCUT2D eigenvalue weighted by molar-refractivity contribution is -0.116. The maximum Gasteiger partial charge on any atom is 0.337 e. The summed E-state index contributed by atoms with van der Waals surface area (Å²) in [5.74, 6) is -4.46. The van der Waals surface area contributed by atoms with Crippen molar-refractivity contribution >= 4 is 17.6 Å². The summed E-state index contributed by atoms with van der Waals surface area (Å²) in [7, 11) is 1.50. The van der Waals surface area contributed by atoms with Crippen LogP contribution in [0, 0.1) is 11.6 Å². The van der Waals surface area contributed by atoms with Crippen LogP contribution in [0.2, 0.25) is 0 Å². The summed E-state index contributed by atoms with van der Waals surface area (Å²) in [6, 6.07) is 1.18.